The van der Waals surface area contributed by atoms with Crippen LogP contribution < -0.4 is 10.6 Å². The monoisotopic (exact) mass is 334 g/mol. The third-order valence-corrected chi connectivity index (χ3v) is 3.76. The summed E-state index contributed by atoms with van der Waals surface area (Å²) in [7, 11) is 0. The molecule has 4 heteroatoms. The van der Waals surface area contributed by atoms with Crippen LogP contribution in [0.15, 0.2) is 59.1 Å². The molecule has 19 heavy (non-hydrogen) atoms. The van der Waals surface area contributed by atoms with E-state index in [2.05, 4.69) is 44.8 Å². The van der Waals surface area contributed by atoms with Gasteiger partial charge in [0.25, 0.3) is 0 Å². The van der Waals surface area contributed by atoms with E-state index < -0.39 is 0 Å². The van der Waals surface area contributed by atoms with Crippen LogP contribution in [0.2, 0.25) is 0 Å². The molecule has 2 aromatic rings. The second-order valence-corrected chi connectivity index (χ2v) is 5.38. The van der Waals surface area contributed by atoms with Crippen molar-refractivity contribution < 1.29 is 0 Å². The molecule has 0 saturated heterocycles. The van der Waals surface area contributed by atoms with Crippen molar-refractivity contribution in [2.45, 2.75) is 13.1 Å². The molecule has 0 heterocycles. The van der Waals surface area contributed by atoms with E-state index in [1.54, 1.807) is 0 Å². The second-order valence-electron chi connectivity index (χ2n) is 4.11. The molecule has 0 aliphatic rings. The van der Waals surface area contributed by atoms with Crippen LogP contribution in [0, 0.1) is 0 Å². The molecule has 0 amide bonds. The predicted octanol–water partition coefficient (Wildman–Crippen LogP) is 3.61. The van der Waals surface area contributed by atoms with Crippen LogP contribution in [0.25, 0.3) is 0 Å². The Morgan fingerprint density at radius 3 is 2.26 bits per heavy atom. The minimum absolute atomic E-state index is 0.666. The molecule has 0 saturated carbocycles. The highest BCUT2D eigenvalue weighted by Gasteiger charge is 2.00. The highest BCUT2D eigenvalue weighted by Crippen LogP contribution is 2.15. The van der Waals surface area contributed by atoms with E-state index in [-0.39, 0.29) is 0 Å². The molecule has 2 N–H and O–H groups in total. The van der Waals surface area contributed by atoms with Crippen LogP contribution in [0.1, 0.15) is 11.1 Å². The van der Waals surface area contributed by atoms with Gasteiger partial charge in [0.2, 0.25) is 0 Å². The molecule has 0 aliphatic heterocycles. The van der Waals surface area contributed by atoms with Gasteiger partial charge in [-0.25, -0.2) is 0 Å². The van der Waals surface area contributed by atoms with Gasteiger partial charge in [0.05, 0.1) is 0 Å². The summed E-state index contributed by atoms with van der Waals surface area (Å²) in [6.07, 6.45) is 0. The van der Waals surface area contributed by atoms with Gasteiger partial charge in [0.15, 0.2) is 5.11 Å². The summed E-state index contributed by atoms with van der Waals surface area (Å²) in [6, 6.07) is 18.3. The molecule has 2 rings (SSSR count). The maximum Gasteiger partial charge on any atom is 0.166 e. The lowest BCUT2D eigenvalue weighted by Gasteiger charge is -2.11. The lowest BCUT2D eigenvalue weighted by molar-refractivity contribution is 0.831. The summed E-state index contributed by atoms with van der Waals surface area (Å²) in [4.78, 5) is 0. The van der Waals surface area contributed by atoms with Crippen molar-refractivity contribution in [1.82, 2.24) is 10.6 Å². The third-order valence-electron chi connectivity index (χ3n) is 2.69. The maximum absolute atomic E-state index is 5.26. The molecule has 0 atom stereocenters. The topological polar surface area (TPSA) is 24.1 Å². The van der Waals surface area contributed by atoms with Crippen molar-refractivity contribution in [2.75, 3.05) is 0 Å². The van der Waals surface area contributed by atoms with E-state index in [1.807, 2.05) is 36.4 Å². The zero-order chi connectivity index (χ0) is 13.5. The summed E-state index contributed by atoms with van der Waals surface area (Å²) in [5.41, 5.74) is 2.40. The first kappa shape index (κ1) is 14.0. The minimum Gasteiger partial charge on any atom is -0.359 e. The fourth-order valence-electron chi connectivity index (χ4n) is 1.66. The lowest BCUT2D eigenvalue weighted by Crippen LogP contribution is -2.34. The quantitative estimate of drug-likeness (QED) is 0.835. The van der Waals surface area contributed by atoms with Gasteiger partial charge >= 0.3 is 0 Å². The van der Waals surface area contributed by atoms with E-state index in [0.29, 0.717) is 11.7 Å². The van der Waals surface area contributed by atoms with Crippen molar-refractivity contribution in [3.63, 3.8) is 0 Å². The van der Waals surface area contributed by atoms with Crippen LogP contribution in [-0.2, 0) is 13.1 Å². The number of hydrogen-bond acceptors (Lipinski definition) is 1. The molecule has 0 radical (unpaired) electrons. The summed E-state index contributed by atoms with van der Waals surface area (Å²) < 4.78 is 1.09. The third kappa shape index (κ3) is 4.65. The van der Waals surface area contributed by atoms with E-state index in [4.69, 9.17) is 12.2 Å². The van der Waals surface area contributed by atoms with Gasteiger partial charge in [-0.2, -0.15) is 0 Å². The largest absolute Gasteiger partial charge is 0.359 e. The number of benzene rings is 2. The Balaban J connectivity index is 1.78. The maximum atomic E-state index is 5.26. The van der Waals surface area contributed by atoms with Crippen LogP contribution in [0.4, 0.5) is 0 Å². The molecule has 0 spiro atoms. The Morgan fingerprint density at radius 2 is 1.53 bits per heavy atom. The summed E-state index contributed by atoms with van der Waals surface area (Å²) in [5.74, 6) is 0. The van der Waals surface area contributed by atoms with Gasteiger partial charge < -0.3 is 10.6 Å². The molecule has 0 fully saturated rings. The zero-order valence-electron chi connectivity index (χ0n) is 10.4. The summed E-state index contributed by atoms with van der Waals surface area (Å²) in [5, 5.41) is 7.06. The Bertz CT molecular complexity index is 543. The van der Waals surface area contributed by atoms with E-state index in [0.717, 1.165) is 11.0 Å². The number of rotatable bonds is 4. The number of hydrogen-bond donors (Lipinski definition) is 2. The average molecular weight is 335 g/mol. The zero-order valence-corrected chi connectivity index (χ0v) is 12.8. The Labute approximate surface area is 127 Å². The number of halogens is 1. The first-order valence-electron chi connectivity index (χ1n) is 6.05. The minimum atomic E-state index is 0.666. The standard InChI is InChI=1S/C15H15BrN2S/c16-14-9-5-4-8-13(14)11-18-15(19)17-10-12-6-2-1-3-7-12/h1-9H,10-11H2,(H2,17,18,19). The van der Waals surface area contributed by atoms with Gasteiger partial charge in [-0.3, -0.25) is 0 Å². The van der Waals surface area contributed by atoms with Crippen LogP contribution in [0.5, 0.6) is 0 Å². The van der Waals surface area contributed by atoms with Crippen molar-refractivity contribution in [3.8, 4) is 0 Å². The summed E-state index contributed by atoms with van der Waals surface area (Å²) in [6.45, 7) is 1.45. The molecule has 0 aromatic heterocycles. The van der Waals surface area contributed by atoms with Crippen LogP contribution in [-0.4, -0.2) is 5.11 Å². The number of thiocarbonyl (C=S) groups is 1. The van der Waals surface area contributed by atoms with Gasteiger partial charge in [-0.15, -0.1) is 0 Å². The summed E-state index contributed by atoms with van der Waals surface area (Å²) >= 11 is 8.78. The normalized spacial score (nSPS) is 9.95. The van der Waals surface area contributed by atoms with Gasteiger partial charge in [-0.05, 0) is 29.4 Å². The highest BCUT2D eigenvalue weighted by atomic mass is 79.9. The fourth-order valence-corrected chi connectivity index (χ4v) is 2.23. The van der Waals surface area contributed by atoms with Crippen molar-refractivity contribution in [3.05, 3.63) is 70.2 Å². The predicted molar refractivity (Wildman–Crippen MR) is 86.9 cm³/mol. The van der Waals surface area contributed by atoms with E-state index in [1.165, 1.54) is 11.1 Å². The van der Waals surface area contributed by atoms with Crippen molar-refractivity contribution in [2.24, 2.45) is 0 Å². The lowest BCUT2D eigenvalue weighted by atomic mass is 10.2. The van der Waals surface area contributed by atoms with Gasteiger partial charge in [0.1, 0.15) is 0 Å². The van der Waals surface area contributed by atoms with Crippen molar-refractivity contribution >= 4 is 33.3 Å². The SMILES string of the molecule is S=C(NCc1ccccc1)NCc1ccccc1Br. The molecule has 0 bridgehead atoms. The molecular formula is C15H15BrN2S. The van der Waals surface area contributed by atoms with Crippen molar-refractivity contribution in [1.29, 1.82) is 0 Å². The Hall–Kier alpha value is -1.39. The Kier molecular flexibility index (Phi) is 5.36. The van der Waals surface area contributed by atoms with E-state index >= 15 is 0 Å². The molecule has 2 aromatic carbocycles. The second kappa shape index (κ2) is 7.26. The van der Waals surface area contributed by atoms with Gasteiger partial charge in [-0.1, -0.05) is 64.5 Å². The smallest absolute Gasteiger partial charge is 0.166 e. The molecular weight excluding hydrogens is 320 g/mol. The fraction of sp³-hybridized carbons (Fsp3) is 0.133. The first-order chi connectivity index (χ1) is 9.25. The highest BCUT2D eigenvalue weighted by molar-refractivity contribution is 9.10. The number of nitrogens with one attached hydrogen (secondary N) is 2. The van der Waals surface area contributed by atoms with Crippen LogP contribution in [0.3, 0.4) is 0 Å². The molecule has 0 aliphatic carbocycles. The Morgan fingerprint density at radius 1 is 0.895 bits per heavy atom. The first-order valence-corrected chi connectivity index (χ1v) is 7.25. The van der Waals surface area contributed by atoms with E-state index in [9.17, 15) is 0 Å². The van der Waals surface area contributed by atoms with Crippen LogP contribution >= 0.6 is 28.1 Å². The molecule has 2 nitrogen and oxygen atoms in total. The average Bonchev–Trinajstić information content (AvgIpc) is 2.45. The van der Waals surface area contributed by atoms with Gasteiger partial charge in [0, 0.05) is 17.6 Å². The molecule has 0 unspecified atom stereocenters. The molecule has 98 valence electrons.